The Labute approximate surface area is 128 Å². The van der Waals surface area contributed by atoms with E-state index >= 15 is 0 Å². The molecule has 0 aromatic heterocycles. The number of nitrogens with zero attached hydrogens (tertiary/aromatic N) is 1. The minimum absolute atomic E-state index is 0.199. The summed E-state index contributed by atoms with van der Waals surface area (Å²) >= 11 is 5.70. The van der Waals surface area contributed by atoms with Gasteiger partial charge in [0.1, 0.15) is 6.04 Å². The minimum Gasteiger partial charge on any atom is -0.481 e. The highest BCUT2D eigenvalue weighted by atomic mass is 35.5. The first kappa shape index (κ1) is 17.2. The second-order valence-corrected chi connectivity index (χ2v) is 4.99. The zero-order valence-electron chi connectivity index (χ0n) is 11.5. The van der Waals surface area contributed by atoms with Crippen molar-refractivity contribution in [1.82, 2.24) is 4.90 Å². The third-order valence-electron chi connectivity index (χ3n) is 2.94. The summed E-state index contributed by atoms with van der Waals surface area (Å²) in [6.45, 7) is 4.32. The Balaban J connectivity index is 2.95. The number of alkyl halides is 1. The lowest BCUT2D eigenvalue weighted by atomic mass is 10.1. The first-order chi connectivity index (χ1) is 9.93. The highest BCUT2D eigenvalue weighted by Gasteiger charge is 2.28. The van der Waals surface area contributed by atoms with Crippen LogP contribution in [-0.2, 0) is 16.1 Å². The maximum absolute atomic E-state index is 11.4. The van der Waals surface area contributed by atoms with Crippen LogP contribution in [0.1, 0.15) is 12.0 Å². The molecule has 0 saturated heterocycles. The van der Waals surface area contributed by atoms with Gasteiger partial charge in [-0.1, -0.05) is 36.9 Å². The molecule has 1 atom stereocenters. The number of aliphatic carboxylic acids is 2. The van der Waals surface area contributed by atoms with Crippen LogP contribution in [0, 0.1) is 0 Å². The Kier molecular flexibility index (Phi) is 6.91. The first-order valence-corrected chi connectivity index (χ1v) is 6.92. The maximum atomic E-state index is 11.4. The first-order valence-electron chi connectivity index (χ1n) is 6.39. The number of carboxylic acid groups (broad SMARTS) is 2. The molecule has 1 rings (SSSR count). The molecule has 0 unspecified atom stereocenters. The van der Waals surface area contributed by atoms with Gasteiger partial charge in [-0.15, -0.1) is 11.6 Å². The zero-order valence-corrected chi connectivity index (χ0v) is 12.3. The molecule has 21 heavy (non-hydrogen) atoms. The average Bonchev–Trinajstić information content (AvgIpc) is 2.44. The quantitative estimate of drug-likeness (QED) is 0.540. The van der Waals surface area contributed by atoms with Gasteiger partial charge in [0.05, 0.1) is 6.42 Å². The van der Waals surface area contributed by atoms with Crippen LogP contribution in [-0.4, -0.2) is 45.5 Å². The molecule has 0 fully saturated rings. The fourth-order valence-corrected chi connectivity index (χ4v) is 2.05. The third kappa shape index (κ3) is 5.97. The molecular weight excluding hydrogens is 294 g/mol. The highest BCUT2D eigenvalue weighted by molar-refractivity contribution is 6.19. The third-order valence-corrected chi connectivity index (χ3v) is 3.32. The molecule has 0 aliphatic heterocycles. The minimum atomic E-state index is -1.17. The summed E-state index contributed by atoms with van der Waals surface area (Å²) in [4.78, 5) is 23.8. The molecule has 5 nitrogen and oxygen atoms in total. The van der Waals surface area contributed by atoms with Crippen molar-refractivity contribution >= 4 is 23.5 Å². The summed E-state index contributed by atoms with van der Waals surface area (Å²) in [5, 5.41) is 18.2. The SMILES string of the molecule is C=C(CCl)CN(Cc1ccccc1)[C@@H](CC(=O)O)C(=O)O. The van der Waals surface area contributed by atoms with E-state index in [1.807, 2.05) is 30.3 Å². The lowest BCUT2D eigenvalue weighted by molar-refractivity contribution is -0.149. The van der Waals surface area contributed by atoms with E-state index < -0.39 is 24.4 Å². The maximum Gasteiger partial charge on any atom is 0.321 e. The lowest BCUT2D eigenvalue weighted by Gasteiger charge is -2.28. The second kappa shape index (κ2) is 8.44. The largest absolute Gasteiger partial charge is 0.481 e. The van der Waals surface area contributed by atoms with E-state index in [1.54, 1.807) is 4.90 Å². The predicted molar refractivity (Wildman–Crippen MR) is 80.4 cm³/mol. The Hall–Kier alpha value is -1.85. The Morgan fingerprint density at radius 2 is 1.86 bits per heavy atom. The van der Waals surface area contributed by atoms with E-state index in [1.165, 1.54) is 0 Å². The van der Waals surface area contributed by atoms with Crippen molar-refractivity contribution in [3.05, 3.63) is 48.0 Å². The topological polar surface area (TPSA) is 77.8 Å². The van der Waals surface area contributed by atoms with E-state index in [0.717, 1.165) is 5.56 Å². The summed E-state index contributed by atoms with van der Waals surface area (Å²) in [7, 11) is 0. The van der Waals surface area contributed by atoms with Crippen LogP contribution in [0.25, 0.3) is 0 Å². The van der Waals surface area contributed by atoms with Crippen LogP contribution in [0.15, 0.2) is 42.5 Å². The predicted octanol–water partition coefficient (Wildman–Crippen LogP) is 2.21. The normalized spacial score (nSPS) is 12.1. The monoisotopic (exact) mass is 311 g/mol. The van der Waals surface area contributed by atoms with Crippen molar-refractivity contribution in [2.75, 3.05) is 12.4 Å². The molecule has 0 amide bonds. The molecule has 114 valence electrons. The second-order valence-electron chi connectivity index (χ2n) is 4.73. The number of benzene rings is 1. The van der Waals surface area contributed by atoms with Crippen LogP contribution in [0.2, 0.25) is 0 Å². The van der Waals surface area contributed by atoms with Crippen LogP contribution < -0.4 is 0 Å². The molecule has 6 heteroatoms. The van der Waals surface area contributed by atoms with E-state index in [-0.39, 0.29) is 12.4 Å². The smallest absolute Gasteiger partial charge is 0.321 e. The fraction of sp³-hybridized carbons (Fsp3) is 0.333. The van der Waals surface area contributed by atoms with Gasteiger partial charge in [0.2, 0.25) is 0 Å². The van der Waals surface area contributed by atoms with Gasteiger partial charge >= 0.3 is 11.9 Å². The number of carboxylic acids is 2. The molecule has 2 N–H and O–H groups in total. The fourth-order valence-electron chi connectivity index (χ4n) is 1.96. The van der Waals surface area contributed by atoms with Crippen LogP contribution in [0.3, 0.4) is 0 Å². The summed E-state index contributed by atoms with van der Waals surface area (Å²) in [5.74, 6) is -2.13. The molecule has 0 heterocycles. The van der Waals surface area contributed by atoms with Crippen molar-refractivity contribution in [2.24, 2.45) is 0 Å². The molecular formula is C15H18ClNO4. The van der Waals surface area contributed by atoms with Crippen LogP contribution in [0.5, 0.6) is 0 Å². The van der Waals surface area contributed by atoms with E-state index in [9.17, 15) is 14.7 Å². The van der Waals surface area contributed by atoms with E-state index in [0.29, 0.717) is 12.1 Å². The van der Waals surface area contributed by atoms with Crippen molar-refractivity contribution < 1.29 is 19.8 Å². The molecule has 0 aliphatic rings. The Bertz CT molecular complexity index is 504. The van der Waals surface area contributed by atoms with Gasteiger partial charge in [-0.3, -0.25) is 14.5 Å². The molecule has 0 spiro atoms. The molecule has 0 bridgehead atoms. The van der Waals surface area contributed by atoms with Gasteiger partial charge in [0.15, 0.2) is 0 Å². The van der Waals surface area contributed by atoms with Crippen LogP contribution in [0.4, 0.5) is 0 Å². The van der Waals surface area contributed by atoms with E-state index in [4.69, 9.17) is 16.7 Å². The molecule has 1 aromatic carbocycles. The Morgan fingerprint density at radius 3 is 2.33 bits per heavy atom. The van der Waals surface area contributed by atoms with Crippen molar-refractivity contribution in [3.63, 3.8) is 0 Å². The molecule has 0 radical (unpaired) electrons. The van der Waals surface area contributed by atoms with Gasteiger partial charge in [-0.2, -0.15) is 0 Å². The van der Waals surface area contributed by atoms with Gasteiger partial charge < -0.3 is 10.2 Å². The van der Waals surface area contributed by atoms with Crippen LogP contribution >= 0.6 is 11.6 Å². The standard InChI is InChI=1S/C15H18ClNO4/c1-11(8-16)9-17(10-12-5-3-2-4-6-12)13(15(20)21)7-14(18)19/h2-6,13H,1,7-10H2,(H,18,19)(H,20,21)/t13-/m0/s1. The van der Waals surface area contributed by atoms with Gasteiger partial charge in [0, 0.05) is 19.0 Å². The number of hydrogen-bond donors (Lipinski definition) is 2. The highest BCUT2D eigenvalue weighted by Crippen LogP contribution is 2.14. The van der Waals surface area contributed by atoms with Gasteiger partial charge in [0.25, 0.3) is 0 Å². The molecule has 0 aliphatic carbocycles. The van der Waals surface area contributed by atoms with E-state index in [2.05, 4.69) is 6.58 Å². The molecule has 1 aromatic rings. The summed E-state index contributed by atoms with van der Waals surface area (Å²) in [5.41, 5.74) is 1.54. The number of hydrogen-bond acceptors (Lipinski definition) is 3. The summed E-state index contributed by atoms with van der Waals surface area (Å²) < 4.78 is 0. The number of rotatable bonds is 9. The van der Waals surface area contributed by atoms with Gasteiger partial charge in [-0.05, 0) is 11.1 Å². The van der Waals surface area contributed by atoms with Crippen molar-refractivity contribution in [3.8, 4) is 0 Å². The average molecular weight is 312 g/mol. The Morgan fingerprint density at radius 1 is 1.24 bits per heavy atom. The van der Waals surface area contributed by atoms with Crippen molar-refractivity contribution in [1.29, 1.82) is 0 Å². The lowest BCUT2D eigenvalue weighted by Crippen LogP contribution is -2.43. The summed E-state index contributed by atoms with van der Waals surface area (Å²) in [6.07, 6.45) is -0.474. The molecule has 0 saturated carbocycles. The summed E-state index contributed by atoms with van der Waals surface area (Å²) in [6, 6.07) is 8.14. The van der Waals surface area contributed by atoms with Gasteiger partial charge in [-0.25, -0.2) is 0 Å². The van der Waals surface area contributed by atoms with Crippen molar-refractivity contribution in [2.45, 2.75) is 19.0 Å². The zero-order chi connectivity index (χ0) is 15.8. The number of carbonyl (C=O) groups is 2. The number of halogens is 1.